The van der Waals surface area contributed by atoms with Crippen LogP contribution in [0.1, 0.15) is 161 Å². The van der Waals surface area contributed by atoms with Gasteiger partial charge in [-0.15, -0.1) is 0 Å². The van der Waals surface area contributed by atoms with Gasteiger partial charge in [-0.2, -0.15) is 0 Å². The maximum atomic E-state index is 2.68. The third-order valence-corrected chi connectivity index (χ3v) is 15.6. The first-order valence-electron chi connectivity index (χ1n) is 18.1. The molecule has 1 aromatic carbocycles. The lowest BCUT2D eigenvalue weighted by atomic mass is 9.92. The van der Waals surface area contributed by atoms with Crippen molar-refractivity contribution in [3.05, 3.63) is 75.9 Å². The number of unbranched alkanes of at least 4 members (excludes halogenated alkanes) is 15. The van der Waals surface area contributed by atoms with Gasteiger partial charge in [0.05, 0.1) is 8.80 Å². The van der Waals surface area contributed by atoms with Crippen LogP contribution in [-0.2, 0) is 0 Å². The summed E-state index contributed by atoms with van der Waals surface area (Å²) in [5, 5.41) is 2.01. The summed E-state index contributed by atoms with van der Waals surface area (Å²) in [5.74, 6) is 0. The second-order valence-corrected chi connectivity index (χ2v) is 17.7. The van der Waals surface area contributed by atoms with E-state index in [1.807, 2.05) is 0 Å². The Morgan fingerprint density at radius 1 is 0.595 bits per heavy atom. The molecule has 0 saturated heterocycles. The zero-order valence-corrected chi connectivity index (χ0v) is 30.1. The fourth-order valence-electron chi connectivity index (χ4n) is 8.18. The lowest BCUT2D eigenvalue weighted by Crippen LogP contribution is -2.47. The minimum Gasteiger partial charge on any atom is -0.0840 e. The number of allylic oxidation sites excluding steroid dienone is 8. The molecule has 1 heteroatoms. The number of benzene rings is 1. The van der Waals surface area contributed by atoms with Crippen LogP contribution in [0.5, 0.6) is 0 Å². The van der Waals surface area contributed by atoms with E-state index in [9.17, 15) is 0 Å². The predicted molar refractivity (Wildman–Crippen MR) is 193 cm³/mol. The third-order valence-electron chi connectivity index (χ3n) is 10.9. The zero-order chi connectivity index (χ0) is 30.4. The van der Waals surface area contributed by atoms with Gasteiger partial charge >= 0.3 is 0 Å². The number of hydrogen-bond donors (Lipinski definition) is 0. The molecular weight excluding hydrogens is 521 g/mol. The first-order valence-corrected chi connectivity index (χ1v) is 19.9. The van der Waals surface area contributed by atoms with Crippen LogP contribution < -0.4 is 5.19 Å². The van der Waals surface area contributed by atoms with Crippen molar-refractivity contribution in [2.24, 2.45) is 0 Å². The van der Waals surface area contributed by atoms with Crippen molar-refractivity contribution in [2.45, 2.75) is 175 Å². The highest BCUT2D eigenvalue weighted by Crippen LogP contribution is 2.54. The first kappa shape index (κ1) is 34.9. The van der Waals surface area contributed by atoms with Crippen molar-refractivity contribution >= 4 is 14.0 Å². The van der Waals surface area contributed by atoms with E-state index in [1.165, 1.54) is 127 Å². The SMILES string of the molecule is CCCCCCCCCCCCCCCCCCC1([SiH](c2cc(C)cc(C)c2)C2C(C)=C(C)C(C)=C2C)C=CC=CC1. The average Bonchev–Trinajstić information content (AvgIpc) is 3.15. The van der Waals surface area contributed by atoms with Crippen LogP contribution in [0.2, 0.25) is 10.6 Å². The van der Waals surface area contributed by atoms with Crippen molar-refractivity contribution in [3.63, 3.8) is 0 Å². The molecule has 0 bridgehead atoms. The molecule has 2 unspecified atom stereocenters. The second-order valence-electron chi connectivity index (χ2n) is 14.3. The van der Waals surface area contributed by atoms with Gasteiger partial charge in [0.2, 0.25) is 0 Å². The number of hydrogen-bond acceptors (Lipinski definition) is 0. The zero-order valence-electron chi connectivity index (χ0n) is 28.9. The van der Waals surface area contributed by atoms with Gasteiger partial charge < -0.3 is 0 Å². The Morgan fingerprint density at radius 3 is 1.48 bits per heavy atom. The van der Waals surface area contributed by atoms with Crippen LogP contribution >= 0.6 is 0 Å². The maximum absolute atomic E-state index is 2.68. The van der Waals surface area contributed by atoms with Crippen molar-refractivity contribution in [1.29, 1.82) is 0 Å². The molecular formula is C41H66Si. The van der Waals surface area contributed by atoms with E-state index in [0.29, 0.717) is 10.6 Å². The van der Waals surface area contributed by atoms with Gasteiger partial charge in [-0.3, -0.25) is 0 Å². The van der Waals surface area contributed by atoms with E-state index in [1.54, 1.807) is 27.5 Å². The summed E-state index contributed by atoms with van der Waals surface area (Å²) in [6.45, 7) is 16.6. The summed E-state index contributed by atoms with van der Waals surface area (Å²) < 4.78 is 0. The van der Waals surface area contributed by atoms with Crippen LogP contribution in [0.15, 0.2) is 64.8 Å². The Bertz CT molecular complexity index is 1040. The van der Waals surface area contributed by atoms with Crippen LogP contribution in [0.4, 0.5) is 0 Å². The highest BCUT2D eigenvalue weighted by molar-refractivity contribution is 6.79. The molecule has 0 heterocycles. The predicted octanol–water partition coefficient (Wildman–Crippen LogP) is 12.7. The van der Waals surface area contributed by atoms with Crippen LogP contribution in [0.3, 0.4) is 0 Å². The highest BCUT2D eigenvalue weighted by Gasteiger charge is 2.46. The van der Waals surface area contributed by atoms with Gasteiger partial charge in [0.25, 0.3) is 0 Å². The Kier molecular flexibility index (Phi) is 15.2. The fraction of sp³-hybridized carbons (Fsp3) is 0.659. The summed E-state index contributed by atoms with van der Waals surface area (Å²) in [7, 11) is -1.46. The summed E-state index contributed by atoms with van der Waals surface area (Å²) in [6, 6.07) is 7.49. The molecule has 234 valence electrons. The van der Waals surface area contributed by atoms with E-state index >= 15 is 0 Å². The summed E-state index contributed by atoms with van der Waals surface area (Å²) in [4.78, 5) is 0. The van der Waals surface area contributed by atoms with Crippen molar-refractivity contribution in [3.8, 4) is 0 Å². The van der Waals surface area contributed by atoms with Gasteiger partial charge in [0, 0.05) is 0 Å². The molecule has 0 aromatic heterocycles. The van der Waals surface area contributed by atoms with Crippen molar-refractivity contribution in [2.75, 3.05) is 0 Å². The Labute approximate surface area is 263 Å². The molecule has 0 aliphatic heterocycles. The van der Waals surface area contributed by atoms with E-state index in [4.69, 9.17) is 0 Å². The molecule has 3 rings (SSSR count). The highest BCUT2D eigenvalue weighted by atomic mass is 28.3. The van der Waals surface area contributed by atoms with Gasteiger partial charge in [-0.1, -0.05) is 180 Å². The molecule has 0 radical (unpaired) electrons. The van der Waals surface area contributed by atoms with E-state index in [-0.39, 0.29) is 0 Å². The molecule has 0 fully saturated rings. The molecule has 2 atom stereocenters. The van der Waals surface area contributed by atoms with Gasteiger partial charge in [-0.25, -0.2) is 0 Å². The molecule has 0 spiro atoms. The maximum Gasteiger partial charge on any atom is 0.0924 e. The largest absolute Gasteiger partial charge is 0.0924 e. The second kappa shape index (κ2) is 18.3. The minimum absolute atomic E-state index is 0.322. The molecule has 2 aliphatic carbocycles. The molecule has 0 N–H and O–H groups in total. The van der Waals surface area contributed by atoms with Gasteiger partial charge in [0.1, 0.15) is 0 Å². The first-order chi connectivity index (χ1) is 20.3. The van der Waals surface area contributed by atoms with E-state index in [0.717, 1.165) is 0 Å². The van der Waals surface area contributed by atoms with E-state index in [2.05, 4.69) is 91.0 Å². The molecule has 1 aromatic rings. The summed E-state index contributed by atoms with van der Waals surface area (Å²) >= 11 is 0. The molecule has 0 nitrogen and oxygen atoms in total. The topological polar surface area (TPSA) is 0 Å². The Balaban J connectivity index is 1.52. The summed E-state index contributed by atoms with van der Waals surface area (Å²) in [5.41, 5.74) is 9.96. The Morgan fingerprint density at radius 2 is 1.05 bits per heavy atom. The standard InChI is InChI=1S/C41H66Si/c1-8-9-10-11-12-13-14-15-16-17-18-19-20-21-22-24-27-41(28-25-23-26-29-41)42(39-31-33(2)30-34(3)32-39)40-37(6)35(4)36(5)38(40)7/h23,25-26,28,30-32,40,42H,8-22,24,27,29H2,1-7H3. The Hall–Kier alpha value is -1.60. The molecule has 42 heavy (non-hydrogen) atoms. The number of rotatable bonds is 20. The van der Waals surface area contributed by atoms with Crippen LogP contribution in [-0.4, -0.2) is 8.80 Å². The van der Waals surface area contributed by atoms with Crippen LogP contribution in [0.25, 0.3) is 0 Å². The van der Waals surface area contributed by atoms with Gasteiger partial charge in [-0.05, 0) is 76.1 Å². The molecule has 0 amide bonds. The monoisotopic (exact) mass is 586 g/mol. The third kappa shape index (κ3) is 9.97. The smallest absolute Gasteiger partial charge is 0.0840 e. The van der Waals surface area contributed by atoms with Crippen molar-refractivity contribution in [1.82, 2.24) is 0 Å². The lowest BCUT2D eigenvalue weighted by Gasteiger charge is -2.43. The normalized spacial score (nSPS) is 19.9. The fourth-order valence-corrected chi connectivity index (χ4v) is 13.5. The van der Waals surface area contributed by atoms with Crippen molar-refractivity contribution < 1.29 is 0 Å². The average molecular weight is 587 g/mol. The molecule has 0 saturated carbocycles. The van der Waals surface area contributed by atoms with Gasteiger partial charge in [0.15, 0.2) is 0 Å². The lowest BCUT2D eigenvalue weighted by molar-refractivity contribution is 0.508. The molecule has 2 aliphatic rings. The number of aryl methyl sites for hydroxylation is 2. The quantitative estimate of drug-likeness (QED) is 0.105. The van der Waals surface area contributed by atoms with Crippen LogP contribution in [0, 0.1) is 13.8 Å². The minimum atomic E-state index is -1.46. The van der Waals surface area contributed by atoms with E-state index < -0.39 is 8.80 Å². The summed E-state index contributed by atoms with van der Waals surface area (Å²) in [6.07, 6.45) is 35.5.